The molecule has 1 atom stereocenters. The van der Waals surface area contributed by atoms with Crippen LogP contribution in [0, 0.1) is 12.8 Å². The molecule has 2 saturated heterocycles. The van der Waals surface area contributed by atoms with Crippen LogP contribution in [0.1, 0.15) is 30.5 Å². The molecule has 140 valence electrons. The number of rotatable bonds is 3. The number of aromatic nitrogens is 3. The van der Waals surface area contributed by atoms with Gasteiger partial charge in [0, 0.05) is 11.9 Å². The minimum Gasteiger partial charge on any atom is -0.375 e. The van der Waals surface area contributed by atoms with Gasteiger partial charge in [0.2, 0.25) is 0 Å². The number of ether oxygens (including phenoxy) is 1. The first-order chi connectivity index (χ1) is 13.2. The zero-order valence-electron chi connectivity index (χ0n) is 15.8. The number of nitrogens with zero attached hydrogens (tertiary/aromatic N) is 3. The van der Waals surface area contributed by atoms with E-state index in [1.54, 1.807) is 0 Å². The molecule has 0 aliphatic carbocycles. The highest BCUT2D eigenvalue weighted by Gasteiger charge is 2.41. The van der Waals surface area contributed by atoms with Crippen molar-refractivity contribution in [3.8, 4) is 11.4 Å². The van der Waals surface area contributed by atoms with Crippen molar-refractivity contribution in [2.24, 2.45) is 5.92 Å². The van der Waals surface area contributed by atoms with Gasteiger partial charge in [-0.05, 0) is 75.4 Å². The van der Waals surface area contributed by atoms with Crippen LogP contribution in [0.25, 0.3) is 17.0 Å². The molecular weight excluding hydrogens is 336 g/mol. The van der Waals surface area contributed by atoms with Gasteiger partial charge >= 0.3 is 0 Å². The number of piperidine rings is 1. The second kappa shape index (κ2) is 6.73. The summed E-state index contributed by atoms with van der Waals surface area (Å²) in [7, 11) is 0. The molecule has 1 spiro atoms. The number of hydrogen-bond acceptors (Lipinski definition) is 4. The lowest BCUT2D eigenvalue weighted by Gasteiger charge is -2.33. The Bertz CT molecular complexity index is 958. The smallest absolute Gasteiger partial charge is 0.137 e. The summed E-state index contributed by atoms with van der Waals surface area (Å²) in [6.45, 7) is 5.12. The minimum atomic E-state index is 0.118. The molecule has 5 rings (SSSR count). The first-order valence-electron chi connectivity index (χ1n) is 9.96. The third-order valence-electron chi connectivity index (χ3n) is 6.02. The maximum atomic E-state index is 6.26. The average Bonchev–Trinajstić information content (AvgIpc) is 3.27. The van der Waals surface area contributed by atoms with E-state index < -0.39 is 0 Å². The summed E-state index contributed by atoms with van der Waals surface area (Å²) in [5.74, 6) is 0.565. The molecule has 0 unspecified atom stereocenters. The summed E-state index contributed by atoms with van der Waals surface area (Å²) < 4.78 is 8.39. The number of imidazole rings is 1. The van der Waals surface area contributed by atoms with E-state index in [2.05, 4.69) is 58.2 Å². The topological polar surface area (TPSA) is 51.5 Å². The van der Waals surface area contributed by atoms with E-state index in [-0.39, 0.29) is 5.60 Å². The van der Waals surface area contributed by atoms with Gasteiger partial charge in [0.05, 0.1) is 29.8 Å². The van der Waals surface area contributed by atoms with Crippen molar-refractivity contribution in [3.63, 3.8) is 0 Å². The third kappa shape index (κ3) is 3.26. The normalized spacial score (nSPS) is 21.9. The predicted molar refractivity (Wildman–Crippen MR) is 106 cm³/mol. The maximum Gasteiger partial charge on any atom is 0.137 e. The third-order valence-corrected chi connectivity index (χ3v) is 6.02. The molecule has 0 bridgehead atoms. The van der Waals surface area contributed by atoms with Crippen molar-refractivity contribution in [2.75, 3.05) is 19.7 Å². The molecule has 5 nitrogen and oxygen atoms in total. The Morgan fingerprint density at radius 2 is 2.11 bits per heavy atom. The number of hydrogen-bond donors (Lipinski definition) is 1. The zero-order valence-corrected chi connectivity index (χ0v) is 15.8. The Morgan fingerprint density at radius 3 is 3.00 bits per heavy atom. The van der Waals surface area contributed by atoms with Crippen LogP contribution in [0.15, 0.2) is 42.7 Å². The van der Waals surface area contributed by atoms with Gasteiger partial charge in [-0.1, -0.05) is 12.1 Å². The van der Waals surface area contributed by atoms with Crippen LogP contribution >= 0.6 is 0 Å². The molecule has 5 heteroatoms. The van der Waals surface area contributed by atoms with Crippen LogP contribution in [0.5, 0.6) is 0 Å². The SMILES string of the molecule is Cc1ccc2ncc(-c3cccc(C[C@@H]4COC5(CCNCC5)C4)n3)n2c1. The molecule has 0 saturated carbocycles. The fraction of sp³-hybridized carbons (Fsp3) is 0.455. The molecule has 0 radical (unpaired) electrons. The molecule has 3 aromatic rings. The van der Waals surface area contributed by atoms with Gasteiger partial charge in [-0.15, -0.1) is 0 Å². The van der Waals surface area contributed by atoms with Crippen molar-refractivity contribution in [1.82, 2.24) is 19.7 Å². The van der Waals surface area contributed by atoms with Crippen LogP contribution in [0.4, 0.5) is 0 Å². The molecule has 1 N–H and O–H groups in total. The van der Waals surface area contributed by atoms with Crippen molar-refractivity contribution < 1.29 is 4.74 Å². The average molecular weight is 362 g/mol. The maximum absolute atomic E-state index is 6.26. The Kier molecular flexibility index (Phi) is 4.21. The number of fused-ring (bicyclic) bond motifs is 1. The standard InChI is InChI=1S/C22H26N4O/c1-16-5-6-21-24-13-20(26(21)14-16)19-4-2-3-18(25-19)11-17-12-22(27-15-17)7-9-23-10-8-22/h2-6,13-14,17,23H,7-12,15H2,1H3/t17-/m0/s1. The van der Waals surface area contributed by atoms with E-state index in [0.29, 0.717) is 5.92 Å². The highest BCUT2D eigenvalue weighted by molar-refractivity contribution is 5.60. The van der Waals surface area contributed by atoms with E-state index in [0.717, 1.165) is 68.1 Å². The Balaban J connectivity index is 1.37. The van der Waals surface area contributed by atoms with E-state index >= 15 is 0 Å². The molecule has 3 aromatic heterocycles. The molecular formula is C22H26N4O. The van der Waals surface area contributed by atoms with Crippen molar-refractivity contribution in [2.45, 2.75) is 38.2 Å². The predicted octanol–water partition coefficient (Wildman–Crippen LogP) is 3.41. The van der Waals surface area contributed by atoms with Crippen molar-refractivity contribution in [3.05, 3.63) is 54.0 Å². The number of aryl methyl sites for hydroxylation is 1. The van der Waals surface area contributed by atoms with Gasteiger partial charge in [0.15, 0.2) is 0 Å². The monoisotopic (exact) mass is 362 g/mol. The molecule has 0 aromatic carbocycles. The summed E-state index contributed by atoms with van der Waals surface area (Å²) in [5.41, 5.74) is 5.48. The molecule has 2 aliphatic rings. The van der Waals surface area contributed by atoms with E-state index in [1.165, 1.54) is 5.56 Å². The second-order valence-corrected chi connectivity index (χ2v) is 8.11. The van der Waals surface area contributed by atoms with Gasteiger partial charge in [0.1, 0.15) is 5.65 Å². The largest absolute Gasteiger partial charge is 0.375 e. The van der Waals surface area contributed by atoms with Gasteiger partial charge in [-0.25, -0.2) is 4.98 Å². The van der Waals surface area contributed by atoms with Crippen LogP contribution in [-0.4, -0.2) is 39.7 Å². The first kappa shape index (κ1) is 16.9. The lowest BCUT2D eigenvalue weighted by Crippen LogP contribution is -2.41. The fourth-order valence-electron chi connectivity index (χ4n) is 4.61. The van der Waals surface area contributed by atoms with Gasteiger partial charge in [-0.3, -0.25) is 9.38 Å². The molecule has 27 heavy (non-hydrogen) atoms. The summed E-state index contributed by atoms with van der Waals surface area (Å²) >= 11 is 0. The highest BCUT2D eigenvalue weighted by atomic mass is 16.5. The number of pyridine rings is 2. The first-order valence-corrected chi connectivity index (χ1v) is 9.96. The molecule has 5 heterocycles. The Labute approximate surface area is 159 Å². The quantitative estimate of drug-likeness (QED) is 0.776. The summed E-state index contributed by atoms with van der Waals surface area (Å²) in [5, 5.41) is 3.44. The lowest BCUT2D eigenvalue weighted by atomic mass is 9.85. The summed E-state index contributed by atoms with van der Waals surface area (Å²) in [6, 6.07) is 10.5. The Hall–Kier alpha value is -2.24. The molecule has 2 fully saturated rings. The van der Waals surface area contributed by atoms with Gasteiger partial charge in [0.25, 0.3) is 0 Å². The van der Waals surface area contributed by atoms with Gasteiger partial charge < -0.3 is 10.1 Å². The highest BCUT2D eigenvalue weighted by Crippen LogP contribution is 2.38. The van der Waals surface area contributed by atoms with Crippen LogP contribution < -0.4 is 5.32 Å². The summed E-state index contributed by atoms with van der Waals surface area (Å²) in [6.07, 6.45) is 8.46. The van der Waals surface area contributed by atoms with Crippen LogP contribution in [0.2, 0.25) is 0 Å². The summed E-state index contributed by atoms with van der Waals surface area (Å²) in [4.78, 5) is 9.49. The minimum absolute atomic E-state index is 0.118. The lowest BCUT2D eigenvalue weighted by molar-refractivity contribution is -0.0196. The van der Waals surface area contributed by atoms with Crippen molar-refractivity contribution >= 4 is 5.65 Å². The second-order valence-electron chi connectivity index (χ2n) is 8.11. The van der Waals surface area contributed by atoms with E-state index in [4.69, 9.17) is 9.72 Å². The van der Waals surface area contributed by atoms with Crippen LogP contribution in [-0.2, 0) is 11.2 Å². The zero-order chi connectivity index (χ0) is 18.3. The van der Waals surface area contributed by atoms with Gasteiger partial charge in [-0.2, -0.15) is 0 Å². The van der Waals surface area contributed by atoms with Crippen molar-refractivity contribution in [1.29, 1.82) is 0 Å². The van der Waals surface area contributed by atoms with E-state index in [9.17, 15) is 0 Å². The van der Waals surface area contributed by atoms with E-state index in [1.807, 2.05) is 6.20 Å². The number of nitrogens with one attached hydrogen (secondary N) is 1. The van der Waals surface area contributed by atoms with Crippen LogP contribution in [0.3, 0.4) is 0 Å². The molecule has 0 amide bonds. The Morgan fingerprint density at radius 1 is 1.22 bits per heavy atom. The fourth-order valence-corrected chi connectivity index (χ4v) is 4.61. The molecule has 2 aliphatic heterocycles.